The van der Waals surface area contributed by atoms with Crippen LogP contribution in [-0.2, 0) is 19.6 Å². The minimum atomic E-state index is -0.202. The standard InChI is InChI=1S/C19H22FN3O/c1-16-3-8-19(24-16)14-23(11-2-10-22-12-9-21-15-22)13-17-4-6-18(20)7-5-17/h3-9,12,15H,2,10-11,13-14H2,1H3. The van der Waals surface area contributed by atoms with Gasteiger partial charge >= 0.3 is 0 Å². The lowest BCUT2D eigenvalue weighted by molar-refractivity contribution is 0.227. The monoisotopic (exact) mass is 327 g/mol. The summed E-state index contributed by atoms with van der Waals surface area (Å²) < 4.78 is 20.9. The second-order valence-corrected chi connectivity index (χ2v) is 6.00. The van der Waals surface area contributed by atoms with Crippen molar-refractivity contribution < 1.29 is 8.81 Å². The summed E-state index contributed by atoms with van der Waals surface area (Å²) in [6, 6.07) is 10.7. The maximum Gasteiger partial charge on any atom is 0.123 e. The van der Waals surface area contributed by atoms with Gasteiger partial charge in [0, 0.05) is 32.0 Å². The summed E-state index contributed by atoms with van der Waals surface area (Å²) in [7, 11) is 0. The van der Waals surface area contributed by atoms with Crippen LogP contribution in [0.3, 0.4) is 0 Å². The van der Waals surface area contributed by atoms with Gasteiger partial charge in [-0.05, 0) is 43.2 Å². The van der Waals surface area contributed by atoms with Gasteiger partial charge in [0.25, 0.3) is 0 Å². The zero-order valence-corrected chi connectivity index (χ0v) is 13.9. The van der Waals surface area contributed by atoms with Crippen LogP contribution in [0.5, 0.6) is 0 Å². The van der Waals surface area contributed by atoms with E-state index in [-0.39, 0.29) is 5.82 Å². The smallest absolute Gasteiger partial charge is 0.123 e. The van der Waals surface area contributed by atoms with Crippen LogP contribution in [0.2, 0.25) is 0 Å². The first kappa shape index (κ1) is 16.5. The van der Waals surface area contributed by atoms with E-state index in [4.69, 9.17) is 4.42 Å². The molecule has 24 heavy (non-hydrogen) atoms. The first-order valence-electron chi connectivity index (χ1n) is 8.17. The summed E-state index contributed by atoms with van der Waals surface area (Å²) in [6.07, 6.45) is 6.61. The van der Waals surface area contributed by atoms with Crippen LogP contribution in [0.15, 0.2) is 59.5 Å². The second-order valence-electron chi connectivity index (χ2n) is 6.00. The molecule has 2 heterocycles. The number of benzene rings is 1. The Morgan fingerprint density at radius 1 is 1.12 bits per heavy atom. The molecular formula is C19H22FN3O. The fourth-order valence-corrected chi connectivity index (χ4v) is 2.75. The van der Waals surface area contributed by atoms with E-state index >= 15 is 0 Å². The molecule has 3 aromatic rings. The van der Waals surface area contributed by atoms with E-state index in [0.717, 1.165) is 49.7 Å². The van der Waals surface area contributed by atoms with Crippen molar-refractivity contribution in [1.29, 1.82) is 0 Å². The van der Waals surface area contributed by atoms with Crippen LogP contribution in [0, 0.1) is 12.7 Å². The van der Waals surface area contributed by atoms with Gasteiger partial charge in [-0.25, -0.2) is 9.37 Å². The molecular weight excluding hydrogens is 305 g/mol. The van der Waals surface area contributed by atoms with E-state index in [1.165, 1.54) is 12.1 Å². The molecule has 0 fully saturated rings. The number of hydrogen-bond acceptors (Lipinski definition) is 3. The molecule has 0 saturated carbocycles. The highest BCUT2D eigenvalue weighted by atomic mass is 19.1. The zero-order valence-electron chi connectivity index (χ0n) is 13.9. The number of imidazole rings is 1. The Morgan fingerprint density at radius 3 is 2.62 bits per heavy atom. The van der Waals surface area contributed by atoms with Gasteiger partial charge in [-0.3, -0.25) is 4.90 Å². The van der Waals surface area contributed by atoms with Crippen molar-refractivity contribution in [2.45, 2.75) is 33.0 Å². The molecule has 0 bridgehead atoms. The van der Waals surface area contributed by atoms with Crippen molar-refractivity contribution in [2.24, 2.45) is 0 Å². The lowest BCUT2D eigenvalue weighted by atomic mass is 10.2. The molecule has 0 radical (unpaired) electrons. The number of aryl methyl sites for hydroxylation is 2. The van der Waals surface area contributed by atoms with Gasteiger partial charge in [0.05, 0.1) is 12.9 Å². The van der Waals surface area contributed by atoms with Crippen molar-refractivity contribution in [3.05, 3.63) is 78.0 Å². The van der Waals surface area contributed by atoms with E-state index in [1.807, 2.05) is 43.7 Å². The lowest BCUT2D eigenvalue weighted by Gasteiger charge is -2.21. The predicted molar refractivity (Wildman–Crippen MR) is 90.8 cm³/mol. The molecule has 0 spiro atoms. The maximum atomic E-state index is 13.1. The molecule has 0 atom stereocenters. The summed E-state index contributed by atoms with van der Waals surface area (Å²) in [5, 5.41) is 0. The van der Waals surface area contributed by atoms with Crippen molar-refractivity contribution in [2.75, 3.05) is 6.54 Å². The number of aromatic nitrogens is 2. The molecule has 0 aliphatic rings. The van der Waals surface area contributed by atoms with E-state index in [2.05, 4.69) is 14.5 Å². The summed E-state index contributed by atoms with van der Waals surface area (Å²) in [6.45, 7) is 5.32. The normalized spacial score (nSPS) is 11.3. The largest absolute Gasteiger partial charge is 0.465 e. The maximum absolute atomic E-state index is 13.1. The number of nitrogens with zero attached hydrogens (tertiary/aromatic N) is 3. The highest BCUT2D eigenvalue weighted by Crippen LogP contribution is 2.14. The minimum Gasteiger partial charge on any atom is -0.465 e. The Hall–Kier alpha value is -2.40. The summed E-state index contributed by atoms with van der Waals surface area (Å²) in [4.78, 5) is 6.39. The Morgan fingerprint density at radius 2 is 1.96 bits per heavy atom. The lowest BCUT2D eigenvalue weighted by Crippen LogP contribution is -2.24. The minimum absolute atomic E-state index is 0.202. The zero-order chi connectivity index (χ0) is 16.8. The first-order chi connectivity index (χ1) is 11.7. The van der Waals surface area contributed by atoms with Crippen LogP contribution in [0.1, 0.15) is 23.5 Å². The van der Waals surface area contributed by atoms with Crippen molar-refractivity contribution in [1.82, 2.24) is 14.5 Å². The molecule has 5 heteroatoms. The molecule has 0 aliphatic heterocycles. The van der Waals surface area contributed by atoms with Gasteiger partial charge in [0.15, 0.2) is 0 Å². The highest BCUT2D eigenvalue weighted by molar-refractivity contribution is 5.16. The number of hydrogen-bond donors (Lipinski definition) is 0. The molecule has 4 nitrogen and oxygen atoms in total. The van der Waals surface area contributed by atoms with Crippen molar-refractivity contribution in [3.8, 4) is 0 Å². The van der Waals surface area contributed by atoms with Gasteiger partial charge in [-0.1, -0.05) is 12.1 Å². The van der Waals surface area contributed by atoms with E-state index < -0.39 is 0 Å². The summed E-state index contributed by atoms with van der Waals surface area (Å²) in [5.74, 6) is 1.68. The molecule has 0 amide bonds. The average molecular weight is 327 g/mol. The molecule has 1 aromatic carbocycles. The van der Waals surface area contributed by atoms with Crippen LogP contribution < -0.4 is 0 Å². The third-order valence-electron chi connectivity index (χ3n) is 3.94. The average Bonchev–Trinajstić information content (AvgIpc) is 3.21. The molecule has 2 aromatic heterocycles. The third kappa shape index (κ3) is 4.80. The third-order valence-corrected chi connectivity index (χ3v) is 3.94. The van der Waals surface area contributed by atoms with E-state index in [1.54, 1.807) is 6.20 Å². The fraction of sp³-hybridized carbons (Fsp3) is 0.316. The van der Waals surface area contributed by atoms with Gasteiger partial charge < -0.3 is 8.98 Å². The Balaban J connectivity index is 1.61. The highest BCUT2D eigenvalue weighted by Gasteiger charge is 2.10. The SMILES string of the molecule is Cc1ccc(CN(CCCn2ccnc2)Cc2ccc(F)cc2)o1. The van der Waals surface area contributed by atoms with E-state index in [0.29, 0.717) is 0 Å². The van der Waals surface area contributed by atoms with Gasteiger partial charge in [0.2, 0.25) is 0 Å². The molecule has 0 saturated heterocycles. The predicted octanol–water partition coefficient (Wildman–Crippen LogP) is 4.02. The Labute approximate surface area is 141 Å². The number of halogens is 1. The molecule has 3 rings (SSSR count). The van der Waals surface area contributed by atoms with E-state index in [9.17, 15) is 4.39 Å². The molecule has 0 aliphatic carbocycles. The van der Waals surface area contributed by atoms with Crippen LogP contribution in [0.25, 0.3) is 0 Å². The Bertz CT molecular complexity index is 734. The quantitative estimate of drug-likeness (QED) is 0.627. The summed E-state index contributed by atoms with van der Waals surface area (Å²) in [5.41, 5.74) is 1.10. The van der Waals surface area contributed by atoms with Crippen LogP contribution in [0.4, 0.5) is 4.39 Å². The van der Waals surface area contributed by atoms with Crippen molar-refractivity contribution >= 4 is 0 Å². The molecule has 126 valence electrons. The molecule has 0 unspecified atom stereocenters. The first-order valence-corrected chi connectivity index (χ1v) is 8.17. The van der Waals surface area contributed by atoms with Gasteiger partial charge in [-0.15, -0.1) is 0 Å². The number of rotatable bonds is 8. The molecule has 0 N–H and O–H groups in total. The van der Waals surface area contributed by atoms with Gasteiger partial charge in [0.1, 0.15) is 17.3 Å². The van der Waals surface area contributed by atoms with Crippen LogP contribution in [-0.4, -0.2) is 21.0 Å². The second kappa shape index (κ2) is 7.93. The summed E-state index contributed by atoms with van der Waals surface area (Å²) >= 11 is 0. The van der Waals surface area contributed by atoms with Gasteiger partial charge in [-0.2, -0.15) is 0 Å². The van der Waals surface area contributed by atoms with Crippen LogP contribution >= 0.6 is 0 Å². The number of furan rings is 1. The van der Waals surface area contributed by atoms with Crippen molar-refractivity contribution in [3.63, 3.8) is 0 Å². The fourth-order valence-electron chi connectivity index (χ4n) is 2.75. The Kier molecular flexibility index (Phi) is 5.43. The topological polar surface area (TPSA) is 34.2 Å².